The van der Waals surface area contributed by atoms with Crippen LogP contribution >= 0.6 is 11.6 Å². The van der Waals surface area contributed by atoms with Crippen molar-refractivity contribution in [2.24, 2.45) is 5.92 Å². The van der Waals surface area contributed by atoms with Gasteiger partial charge < -0.3 is 10.6 Å². The van der Waals surface area contributed by atoms with Crippen molar-refractivity contribution in [3.63, 3.8) is 0 Å². The van der Waals surface area contributed by atoms with Crippen molar-refractivity contribution in [2.45, 2.75) is 40.8 Å². The lowest BCUT2D eigenvalue weighted by Gasteiger charge is -2.07. The van der Waals surface area contributed by atoms with Crippen molar-refractivity contribution in [1.29, 1.82) is 0 Å². The number of hydrogen-bond acceptors (Lipinski definition) is 3. The number of aromatic nitrogens is 2. The first-order valence-electron chi connectivity index (χ1n) is 6.64. The third-order valence-electron chi connectivity index (χ3n) is 2.68. The molecule has 0 spiro atoms. The predicted molar refractivity (Wildman–Crippen MR) is 77.2 cm³/mol. The summed E-state index contributed by atoms with van der Waals surface area (Å²) in [7, 11) is 0. The van der Waals surface area contributed by atoms with Crippen molar-refractivity contribution >= 4 is 17.5 Å². The number of hydrogen-bond donors (Lipinski definition) is 2. The number of carbonyl (C=O) groups is 1. The van der Waals surface area contributed by atoms with Gasteiger partial charge in [0.2, 0.25) is 5.91 Å². The van der Waals surface area contributed by atoms with E-state index in [0.29, 0.717) is 30.7 Å². The fourth-order valence-corrected chi connectivity index (χ4v) is 2.13. The van der Waals surface area contributed by atoms with Crippen LogP contribution in [0.4, 0.5) is 0 Å². The molecule has 0 saturated carbocycles. The molecule has 0 bridgehead atoms. The quantitative estimate of drug-likeness (QED) is 0.802. The van der Waals surface area contributed by atoms with Crippen LogP contribution < -0.4 is 10.6 Å². The summed E-state index contributed by atoms with van der Waals surface area (Å²) in [5, 5.41) is 10.9. The van der Waals surface area contributed by atoms with E-state index in [-0.39, 0.29) is 5.91 Å². The third-order valence-corrected chi connectivity index (χ3v) is 3.11. The monoisotopic (exact) mass is 286 g/mol. The van der Waals surface area contributed by atoms with Gasteiger partial charge in [-0.25, -0.2) is 0 Å². The van der Waals surface area contributed by atoms with Crippen molar-refractivity contribution in [1.82, 2.24) is 20.4 Å². The number of amides is 1. The molecule has 0 aliphatic heterocycles. The molecule has 1 amide bonds. The Labute approximate surface area is 119 Å². The predicted octanol–water partition coefficient (Wildman–Crippen LogP) is 1.73. The highest BCUT2D eigenvalue weighted by molar-refractivity contribution is 6.30. The molecule has 6 heteroatoms. The van der Waals surface area contributed by atoms with Crippen LogP contribution in [0.25, 0.3) is 0 Å². The molecule has 0 fully saturated rings. The summed E-state index contributed by atoms with van der Waals surface area (Å²) in [5.41, 5.74) is 1.88. The first-order valence-corrected chi connectivity index (χ1v) is 7.02. The number of halogens is 1. The molecule has 0 saturated heterocycles. The number of nitrogens with zero attached hydrogens (tertiary/aromatic N) is 2. The lowest BCUT2D eigenvalue weighted by atomic mass is 10.2. The second kappa shape index (κ2) is 7.50. The molecule has 108 valence electrons. The van der Waals surface area contributed by atoms with Gasteiger partial charge in [0.1, 0.15) is 5.15 Å². The molecule has 1 aromatic rings. The van der Waals surface area contributed by atoms with E-state index < -0.39 is 0 Å². The summed E-state index contributed by atoms with van der Waals surface area (Å²) in [6, 6.07) is 0. The molecule has 0 radical (unpaired) electrons. The van der Waals surface area contributed by atoms with Gasteiger partial charge in [0.15, 0.2) is 0 Å². The van der Waals surface area contributed by atoms with Crippen LogP contribution in [0.15, 0.2) is 0 Å². The first-order chi connectivity index (χ1) is 8.95. The normalized spacial score (nSPS) is 11.1. The lowest BCUT2D eigenvalue weighted by Crippen LogP contribution is -2.33. The van der Waals surface area contributed by atoms with E-state index >= 15 is 0 Å². The van der Waals surface area contributed by atoms with Gasteiger partial charge in [-0.2, -0.15) is 5.10 Å². The molecular formula is C13H23ClN4O. The number of rotatable bonds is 7. The molecule has 5 nitrogen and oxygen atoms in total. The minimum atomic E-state index is -0.00847. The van der Waals surface area contributed by atoms with Crippen LogP contribution in [0, 0.1) is 12.8 Å². The fourth-order valence-electron chi connectivity index (χ4n) is 1.82. The average molecular weight is 287 g/mol. The fraction of sp³-hybridized carbons (Fsp3) is 0.692. The summed E-state index contributed by atoms with van der Waals surface area (Å²) >= 11 is 6.31. The second-order valence-electron chi connectivity index (χ2n) is 4.99. The minimum Gasteiger partial charge on any atom is -0.355 e. The largest absolute Gasteiger partial charge is 0.355 e. The third kappa shape index (κ3) is 4.84. The molecule has 0 unspecified atom stereocenters. The van der Waals surface area contributed by atoms with E-state index in [4.69, 9.17) is 11.6 Å². The summed E-state index contributed by atoms with van der Waals surface area (Å²) in [6.45, 7) is 10.4. The minimum absolute atomic E-state index is 0.00847. The van der Waals surface area contributed by atoms with Gasteiger partial charge in [0.25, 0.3) is 0 Å². The van der Waals surface area contributed by atoms with E-state index in [1.165, 1.54) is 0 Å². The summed E-state index contributed by atoms with van der Waals surface area (Å²) in [4.78, 5) is 11.3. The van der Waals surface area contributed by atoms with Crippen LogP contribution in [0.5, 0.6) is 0 Å². The van der Waals surface area contributed by atoms with E-state index in [1.807, 2.05) is 18.5 Å². The molecule has 1 aromatic heterocycles. The molecule has 1 rings (SSSR count). The van der Waals surface area contributed by atoms with Crippen molar-refractivity contribution in [3.05, 3.63) is 16.4 Å². The Balaban J connectivity index is 2.58. The SMILES string of the molecule is CCNC(=O)CNCc1c(C)nn(CC(C)C)c1Cl. The maximum Gasteiger partial charge on any atom is 0.233 e. The Bertz CT molecular complexity index is 429. The standard InChI is InChI=1S/C13H23ClN4O/c1-5-16-12(19)7-15-6-11-10(4)17-18(13(11)14)8-9(2)3/h9,15H,5-8H2,1-4H3,(H,16,19). The molecular weight excluding hydrogens is 264 g/mol. The lowest BCUT2D eigenvalue weighted by molar-refractivity contribution is -0.120. The molecule has 0 aliphatic rings. The maximum atomic E-state index is 11.3. The summed E-state index contributed by atoms with van der Waals surface area (Å²) in [6.07, 6.45) is 0. The Morgan fingerprint density at radius 1 is 1.47 bits per heavy atom. The molecule has 0 aromatic carbocycles. The number of likely N-dealkylation sites (N-methyl/N-ethyl adjacent to an activating group) is 1. The van der Waals surface area contributed by atoms with Gasteiger partial charge in [-0.1, -0.05) is 25.4 Å². The highest BCUT2D eigenvalue weighted by Crippen LogP contribution is 2.20. The van der Waals surface area contributed by atoms with E-state index in [9.17, 15) is 4.79 Å². The highest BCUT2D eigenvalue weighted by Gasteiger charge is 2.14. The number of carbonyl (C=O) groups excluding carboxylic acids is 1. The number of aryl methyl sites for hydroxylation is 1. The smallest absolute Gasteiger partial charge is 0.233 e. The van der Waals surface area contributed by atoms with Crippen LogP contribution in [0.2, 0.25) is 5.15 Å². The van der Waals surface area contributed by atoms with Gasteiger partial charge in [-0.3, -0.25) is 9.48 Å². The van der Waals surface area contributed by atoms with E-state index in [2.05, 4.69) is 29.6 Å². The zero-order valence-electron chi connectivity index (χ0n) is 12.1. The zero-order chi connectivity index (χ0) is 14.4. The second-order valence-corrected chi connectivity index (χ2v) is 5.35. The van der Waals surface area contributed by atoms with Gasteiger partial charge in [-0.15, -0.1) is 0 Å². The van der Waals surface area contributed by atoms with Gasteiger partial charge in [-0.05, 0) is 19.8 Å². The highest BCUT2D eigenvalue weighted by atomic mass is 35.5. The van der Waals surface area contributed by atoms with Crippen LogP contribution in [-0.4, -0.2) is 28.8 Å². The van der Waals surface area contributed by atoms with E-state index in [0.717, 1.165) is 17.8 Å². The van der Waals surface area contributed by atoms with Crippen LogP contribution in [-0.2, 0) is 17.9 Å². The number of nitrogens with one attached hydrogen (secondary N) is 2. The maximum absolute atomic E-state index is 11.3. The molecule has 19 heavy (non-hydrogen) atoms. The van der Waals surface area contributed by atoms with Crippen LogP contribution in [0.3, 0.4) is 0 Å². The van der Waals surface area contributed by atoms with Gasteiger partial charge in [0.05, 0.1) is 12.2 Å². The van der Waals surface area contributed by atoms with Crippen molar-refractivity contribution in [2.75, 3.05) is 13.1 Å². The Morgan fingerprint density at radius 2 is 2.16 bits per heavy atom. The topological polar surface area (TPSA) is 59.0 Å². The molecule has 0 atom stereocenters. The Morgan fingerprint density at radius 3 is 2.74 bits per heavy atom. The first kappa shape index (κ1) is 16.0. The van der Waals surface area contributed by atoms with Crippen molar-refractivity contribution in [3.8, 4) is 0 Å². The molecule has 0 aliphatic carbocycles. The summed E-state index contributed by atoms with van der Waals surface area (Å²) < 4.78 is 1.82. The van der Waals surface area contributed by atoms with Gasteiger partial charge in [0, 0.05) is 25.2 Å². The molecule has 2 N–H and O–H groups in total. The Kier molecular flexibility index (Phi) is 6.31. The van der Waals surface area contributed by atoms with E-state index in [1.54, 1.807) is 0 Å². The molecule has 1 heterocycles. The summed E-state index contributed by atoms with van der Waals surface area (Å²) in [5.74, 6) is 0.485. The van der Waals surface area contributed by atoms with Crippen molar-refractivity contribution < 1.29 is 4.79 Å². The zero-order valence-corrected chi connectivity index (χ0v) is 12.8. The van der Waals surface area contributed by atoms with Crippen LogP contribution in [0.1, 0.15) is 32.0 Å². The Hall–Kier alpha value is -1.07. The van der Waals surface area contributed by atoms with Gasteiger partial charge >= 0.3 is 0 Å². The average Bonchev–Trinajstić information content (AvgIpc) is 2.56.